The highest BCUT2D eigenvalue weighted by molar-refractivity contribution is 7.16. The van der Waals surface area contributed by atoms with Gasteiger partial charge in [-0.1, -0.05) is 35.9 Å². The van der Waals surface area contributed by atoms with Crippen LogP contribution in [0.5, 0.6) is 11.5 Å². The summed E-state index contributed by atoms with van der Waals surface area (Å²) in [5.41, 5.74) is 4.31. The quantitative estimate of drug-likeness (QED) is 0.267. The summed E-state index contributed by atoms with van der Waals surface area (Å²) in [6.07, 6.45) is 4.73. The number of ether oxygens (including phenoxy) is 2. The van der Waals surface area contributed by atoms with Gasteiger partial charge in [0, 0.05) is 29.6 Å². The average Bonchev–Trinajstić information content (AvgIpc) is 3.49. The molecule has 9 heteroatoms. The molecule has 0 aliphatic rings. The van der Waals surface area contributed by atoms with Gasteiger partial charge in [-0.15, -0.1) is 11.3 Å². The molecule has 0 bridgehead atoms. The number of hydrogen-bond donors (Lipinski definition) is 1. The number of thiophene rings is 1. The Morgan fingerprint density at radius 2 is 2.00 bits per heavy atom. The molecule has 0 saturated heterocycles. The van der Waals surface area contributed by atoms with Crippen molar-refractivity contribution in [3.63, 3.8) is 0 Å². The van der Waals surface area contributed by atoms with Crippen molar-refractivity contribution in [1.82, 2.24) is 14.5 Å². The van der Waals surface area contributed by atoms with E-state index in [1.165, 1.54) is 24.5 Å². The van der Waals surface area contributed by atoms with Crippen LogP contribution in [0.3, 0.4) is 0 Å². The van der Waals surface area contributed by atoms with Gasteiger partial charge in [-0.3, -0.25) is 9.55 Å². The maximum atomic E-state index is 12.5. The van der Waals surface area contributed by atoms with E-state index in [0.29, 0.717) is 16.2 Å². The van der Waals surface area contributed by atoms with Gasteiger partial charge in [0.15, 0.2) is 4.88 Å². The largest absolute Gasteiger partial charge is 0.506 e. The van der Waals surface area contributed by atoms with E-state index in [4.69, 9.17) is 21.1 Å². The third-order valence-electron chi connectivity index (χ3n) is 5.59. The lowest BCUT2D eigenvalue weighted by molar-refractivity contribution is 0.0600. The van der Waals surface area contributed by atoms with E-state index in [9.17, 15) is 9.90 Å². The average molecular weight is 506 g/mol. The van der Waals surface area contributed by atoms with E-state index in [0.717, 1.165) is 27.2 Å². The van der Waals surface area contributed by atoms with Crippen LogP contribution in [-0.2, 0) is 4.74 Å². The number of nitrogens with zero attached hydrogens (tertiary/aromatic N) is 3. The molecule has 0 radical (unpaired) electrons. The Hall–Kier alpha value is -3.88. The lowest BCUT2D eigenvalue weighted by atomic mass is 10.1. The first-order valence-corrected chi connectivity index (χ1v) is 11.9. The van der Waals surface area contributed by atoms with Crippen molar-refractivity contribution in [3.05, 3.63) is 88.8 Å². The fourth-order valence-electron chi connectivity index (χ4n) is 3.81. The number of fused-ring (bicyclic) bond motifs is 1. The maximum absolute atomic E-state index is 12.5. The fourth-order valence-corrected chi connectivity index (χ4v) is 5.08. The highest BCUT2D eigenvalue weighted by atomic mass is 35.5. The molecule has 176 valence electrons. The van der Waals surface area contributed by atoms with Gasteiger partial charge in [-0.25, -0.2) is 9.78 Å². The number of aromatic nitrogens is 3. The predicted molar refractivity (Wildman–Crippen MR) is 136 cm³/mol. The number of phenols is 1. The number of halogens is 1. The zero-order valence-corrected chi connectivity index (χ0v) is 20.4. The Labute approximate surface area is 210 Å². The molecule has 0 fully saturated rings. The molecule has 0 aliphatic carbocycles. The van der Waals surface area contributed by atoms with Crippen molar-refractivity contribution in [3.8, 4) is 27.6 Å². The molecule has 0 spiro atoms. The van der Waals surface area contributed by atoms with Gasteiger partial charge in [0.05, 0.1) is 23.2 Å². The summed E-state index contributed by atoms with van der Waals surface area (Å²) in [7, 11) is 1.33. The molecular formula is C26H20ClN3O4S. The number of esters is 1. The van der Waals surface area contributed by atoms with Crippen LogP contribution in [0.4, 0.5) is 0 Å². The molecular weight excluding hydrogens is 486 g/mol. The molecule has 0 saturated carbocycles. The Kier molecular flexibility index (Phi) is 6.15. The van der Waals surface area contributed by atoms with Crippen molar-refractivity contribution in [2.24, 2.45) is 0 Å². The van der Waals surface area contributed by atoms with Gasteiger partial charge in [0.1, 0.15) is 28.9 Å². The minimum absolute atomic E-state index is 0.0330. The van der Waals surface area contributed by atoms with Crippen LogP contribution in [0.1, 0.15) is 28.3 Å². The number of carbonyl (C=O) groups excluding carboxylic acids is 1. The third-order valence-corrected chi connectivity index (χ3v) is 7.09. The topological polar surface area (TPSA) is 86.5 Å². The molecule has 1 N–H and O–H groups in total. The molecule has 2 aromatic carbocycles. The fraction of sp³-hybridized carbons (Fsp3) is 0.115. The van der Waals surface area contributed by atoms with Gasteiger partial charge in [0.2, 0.25) is 0 Å². The van der Waals surface area contributed by atoms with Crippen LogP contribution in [0, 0.1) is 0 Å². The number of imidazole rings is 1. The minimum atomic E-state index is -0.526. The molecule has 0 amide bonds. The van der Waals surface area contributed by atoms with Crippen molar-refractivity contribution in [2.75, 3.05) is 7.11 Å². The molecule has 3 aromatic heterocycles. The summed E-state index contributed by atoms with van der Waals surface area (Å²) >= 11 is 7.50. The lowest BCUT2D eigenvalue weighted by Gasteiger charge is -2.16. The Morgan fingerprint density at radius 3 is 2.77 bits per heavy atom. The third kappa shape index (κ3) is 4.34. The van der Waals surface area contributed by atoms with Crippen molar-refractivity contribution in [1.29, 1.82) is 0 Å². The first kappa shape index (κ1) is 22.9. The van der Waals surface area contributed by atoms with Crippen molar-refractivity contribution in [2.45, 2.75) is 13.0 Å². The van der Waals surface area contributed by atoms with Crippen LogP contribution in [0.25, 0.3) is 27.2 Å². The van der Waals surface area contributed by atoms with E-state index < -0.39 is 12.1 Å². The second-order valence-electron chi connectivity index (χ2n) is 7.77. The van der Waals surface area contributed by atoms with Gasteiger partial charge in [-0.2, -0.15) is 0 Å². The molecule has 1 atom stereocenters. The number of rotatable bonds is 6. The Balaban J connectivity index is 1.52. The van der Waals surface area contributed by atoms with Crippen LogP contribution < -0.4 is 4.74 Å². The minimum Gasteiger partial charge on any atom is -0.506 e. The summed E-state index contributed by atoms with van der Waals surface area (Å²) < 4.78 is 13.0. The van der Waals surface area contributed by atoms with Crippen LogP contribution in [0.2, 0.25) is 5.02 Å². The summed E-state index contributed by atoms with van der Waals surface area (Å²) in [6, 6.07) is 16.6. The van der Waals surface area contributed by atoms with Gasteiger partial charge >= 0.3 is 5.97 Å². The van der Waals surface area contributed by atoms with Crippen molar-refractivity contribution >= 4 is 39.9 Å². The van der Waals surface area contributed by atoms with Crippen LogP contribution >= 0.6 is 22.9 Å². The molecule has 7 nitrogen and oxygen atoms in total. The zero-order chi connectivity index (χ0) is 24.5. The number of methoxy groups -OCH3 is 1. The monoisotopic (exact) mass is 505 g/mol. The van der Waals surface area contributed by atoms with E-state index >= 15 is 0 Å². The smallest absolute Gasteiger partial charge is 0.351 e. The van der Waals surface area contributed by atoms with E-state index in [1.807, 2.05) is 41.1 Å². The SMILES string of the molecule is COC(=O)c1sc(-n2cnc3cc(-c4cccnc4)ccc32)cc1O[C@H](C)c1cccc(O)c1Cl. The molecule has 0 unspecified atom stereocenters. The maximum Gasteiger partial charge on any atom is 0.351 e. The standard InChI is InChI=1S/C26H20ClN3O4S/c1-15(18-6-3-7-21(31)24(18)27)34-22-12-23(35-25(22)26(32)33-2)30-14-29-19-11-16(8-9-20(19)30)17-5-4-10-28-13-17/h3-15,31H,1-2H3/t15-/m1/s1. The number of pyridine rings is 1. The van der Waals surface area contributed by atoms with Gasteiger partial charge < -0.3 is 14.6 Å². The summed E-state index contributed by atoms with van der Waals surface area (Å²) in [6.45, 7) is 1.80. The number of benzene rings is 2. The first-order valence-electron chi connectivity index (χ1n) is 10.7. The molecule has 35 heavy (non-hydrogen) atoms. The number of hydrogen-bond acceptors (Lipinski definition) is 7. The Morgan fingerprint density at radius 1 is 1.14 bits per heavy atom. The number of phenolic OH excluding ortho intramolecular Hbond substituents is 1. The van der Waals surface area contributed by atoms with E-state index in [-0.39, 0.29) is 10.8 Å². The van der Waals surface area contributed by atoms with E-state index in [2.05, 4.69) is 9.97 Å². The van der Waals surface area contributed by atoms with Crippen LogP contribution in [-0.4, -0.2) is 32.7 Å². The number of carbonyl (C=O) groups is 1. The predicted octanol–water partition coefficient (Wildman–Crippen LogP) is 6.43. The second kappa shape index (κ2) is 9.40. The normalized spacial score (nSPS) is 12.0. The number of aromatic hydroxyl groups is 1. The van der Waals surface area contributed by atoms with Crippen molar-refractivity contribution < 1.29 is 19.4 Å². The molecule has 5 rings (SSSR count). The first-order chi connectivity index (χ1) is 17.0. The Bertz CT molecular complexity index is 1530. The second-order valence-corrected chi connectivity index (χ2v) is 9.18. The molecule has 0 aliphatic heterocycles. The van der Waals surface area contributed by atoms with Crippen LogP contribution in [0.15, 0.2) is 73.3 Å². The van der Waals surface area contributed by atoms with Gasteiger partial charge in [0.25, 0.3) is 0 Å². The summed E-state index contributed by atoms with van der Waals surface area (Å²) in [5, 5.41) is 10.9. The highest BCUT2D eigenvalue weighted by Crippen LogP contribution is 2.39. The van der Waals surface area contributed by atoms with Gasteiger partial charge in [-0.05, 0) is 36.8 Å². The molecule has 3 heterocycles. The summed E-state index contributed by atoms with van der Waals surface area (Å²) in [4.78, 5) is 21.6. The highest BCUT2D eigenvalue weighted by Gasteiger charge is 2.23. The zero-order valence-electron chi connectivity index (χ0n) is 18.8. The summed E-state index contributed by atoms with van der Waals surface area (Å²) in [5.74, 6) is -0.180. The lowest BCUT2D eigenvalue weighted by Crippen LogP contribution is -2.07. The molecule has 5 aromatic rings. The van der Waals surface area contributed by atoms with E-state index in [1.54, 1.807) is 37.6 Å².